The van der Waals surface area contributed by atoms with Gasteiger partial charge in [0.15, 0.2) is 0 Å². The van der Waals surface area contributed by atoms with E-state index < -0.39 is 11.7 Å². The molecule has 0 aliphatic carbocycles. The second-order valence-electron chi connectivity index (χ2n) is 4.51. The van der Waals surface area contributed by atoms with Crippen LogP contribution in [0.2, 0.25) is 0 Å². The summed E-state index contributed by atoms with van der Waals surface area (Å²) < 4.78 is 13.7. The molecule has 19 heavy (non-hydrogen) atoms. The molecule has 0 aliphatic rings. The van der Waals surface area contributed by atoms with Gasteiger partial charge in [-0.1, -0.05) is 6.07 Å². The Balaban J connectivity index is 2.12. The summed E-state index contributed by atoms with van der Waals surface area (Å²) in [6.07, 6.45) is 0. The molecule has 5 heteroatoms. The molecule has 100 valence electrons. The Hall–Kier alpha value is -1.75. The molecule has 0 bridgehead atoms. The molecule has 1 N–H and O–H groups in total. The number of aryl methyl sites for hydroxylation is 2. The van der Waals surface area contributed by atoms with Gasteiger partial charge in [0.1, 0.15) is 10.8 Å². The number of thiazole rings is 1. The predicted molar refractivity (Wildman–Crippen MR) is 73.9 cm³/mol. The number of hydrogen-bond acceptors (Lipinski definition) is 3. The molecule has 0 saturated carbocycles. The molecule has 0 radical (unpaired) electrons. The van der Waals surface area contributed by atoms with E-state index in [1.807, 2.05) is 19.2 Å². The van der Waals surface area contributed by atoms with Crippen molar-refractivity contribution in [2.24, 2.45) is 0 Å². The van der Waals surface area contributed by atoms with E-state index in [4.69, 9.17) is 0 Å². The zero-order valence-corrected chi connectivity index (χ0v) is 11.8. The second-order valence-corrected chi connectivity index (χ2v) is 5.40. The molecule has 0 saturated heterocycles. The smallest absolute Gasteiger partial charge is 0.254 e. The van der Waals surface area contributed by atoms with Crippen LogP contribution in [0, 0.1) is 19.7 Å². The van der Waals surface area contributed by atoms with Gasteiger partial charge in [0, 0.05) is 11.1 Å². The molecule has 1 aromatic heterocycles. The summed E-state index contributed by atoms with van der Waals surface area (Å²) in [5.41, 5.74) is 1.77. The molecule has 1 unspecified atom stereocenters. The first-order chi connectivity index (χ1) is 8.97. The first kappa shape index (κ1) is 13.7. The highest BCUT2D eigenvalue weighted by Gasteiger charge is 2.16. The van der Waals surface area contributed by atoms with Crippen LogP contribution < -0.4 is 5.32 Å². The van der Waals surface area contributed by atoms with Gasteiger partial charge in [-0.3, -0.25) is 4.79 Å². The van der Waals surface area contributed by atoms with Crippen LogP contribution in [0.3, 0.4) is 0 Å². The number of hydrogen-bond donors (Lipinski definition) is 1. The minimum atomic E-state index is -0.500. The van der Waals surface area contributed by atoms with Crippen LogP contribution in [0.25, 0.3) is 0 Å². The molecule has 3 nitrogen and oxygen atoms in total. The summed E-state index contributed by atoms with van der Waals surface area (Å²) in [7, 11) is 0. The van der Waals surface area contributed by atoms with Crippen molar-refractivity contribution >= 4 is 17.2 Å². The standard InChI is InChI=1S/C14H15FN2OS/c1-8-4-5-11(12(15)6-8)13(18)17-10(3)14-16-9(2)7-19-14/h4-7,10H,1-3H3,(H,17,18). The first-order valence-electron chi connectivity index (χ1n) is 5.96. The summed E-state index contributed by atoms with van der Waals surface area (Å²) in [4.78, 5) is 16.3. The number of halogens is 1. The number of nitrogens with zero attached hydrogens (tertiary/aromatic N) is 1. The van der Waals surface area contributed by atoms with Gasteiger partial charge in [0.25, 0.3) is 5.91 Å². The van der Waals surface area contributed by atoms with E-state index in [2.05, 4.69) is 10.3 Å². The Morgan fingerprint density at radius 1 is 1.42 bits per heavy atom. The highest BCUT2D eigenvalue weighted by Crippen LogP contribution is 2.18. The van der Waals surface area contributed by atoms with Crippen molar-refractivity contribution in [1.82, 2.24) is 10.3 Å². The van der Waals surface area contributed by atoms with Gasteiger partial charge in [-0.25, -0.2) is 9.37 Å². The lowest BCUT2D eigenvalue weighted by Crippen LogP contribution is -2.27. The third kappa shape index (κ3) is 3.17. The Kier molecular flexibility index (Phi) is 3.95. The third-order valence-electron chi connectivity index (χ3n) is 2.72. The summed E-state index contributed by atoms with van der Waals surface area (Å²) in [6.45, 7) is 5.52. The van der Waals surface area contributed by atoms with Crippen molar-refractivity contribution in [3.63, 3.8) is 0 Å². The van der Waals surface area contributed by atoms with Gasteiger partial charge in [0.05, 0.1) is 11.6 Å². The van der Waals surface area contributed by atoms with Crippen molar-refractivity contribution < 1.29 is 9.18 Å². The van der Waals surface area contributed by atoms with Gasteiger partial charge in [0.2, 0.25) is 0 Å². The molecule has 1 aromatic carbocycles. The van der Waals surface area contributed by atoms with E-state index in [0.29, 0.717) is 0 Å². The van der Waals surface area contributed by atoms with Crippen molar-refractivity contribution in [2.45, 2.75) is 26.8 Å². The van der Waals surface area contributed by atoms with E-state index in [9.17, 15) is 9.18 Å². The molecular formula is C14H15FN2OS. The molecular weight excluding hydrogens is 263 g/mol. The summed E-state index contributed by atoms with van der Waals surface area (Å²) in [5.74, 6) is -0.919. The number of aromatic nitrogens is 1. The quantitative estimate of drug-likeness (QED) is 0.935. The fourth-order valence-electron chi connectivity index (χ4n) is 1.71. The molecule has 2 aromatic rings. The molecule has 1 heterocycles. The summed E-state index contributed by atoms with van der Waals surface area (Å²) in [5, 5.41) is 5.49. The molecule has 1 atom stereocenters. The van der Waals surface area contributed by atoms with Crippen LogP contribution in [-0.4, -0.2) is 10.9 Å². The van der Waals surface area contributed by atoms with E-state index in [0.717, 1.165) is 16.3 Å². The van der Waals surface area contributed by atoms with Gasteiger partial charge in [-0.2, -0.15) is 0 Å². The molecule has 0 aliphatic heterocycles. The Morgan fingerprint density at radius 3 is 2.74 bits per heavy atom. The SMILES string of the molecule is Cc1ccc(C(=O)NC(C)c2nc(C)cs2)c(F)c1. The van der Waals surface area contributed by atoms with Crippen molar-refractivity contribution in [3.8, 4) is 0 Å². The van der Waals surface area contributed by atoms with Crippen molar-refractivity contribution in [3.05, 3.63) is 51.2 Å². The Labute approximate surface area is 115 Å². The van der Waals surface area contributed by atoms with E-state index in [1.165, 1.54) is 23.5 Å². The predicted octanol–water partition coefficient (Wildman–Crippen LogP) is 3.39. The number of amides is 1. The third-order valence-corrected chi connectivity index (χ3v) is 3.87. The Bertz CT molecular complexity index is 609. The fraction of sp³-hybridized carbons (Fsp3) is 0.286. The minimum Gasteiger partial charge on any atom is -0.343 e. The maximum absolute atomic E-state index is 13.7. The molecule has 0 spiro atoms. The lowest BCUT2D eigenvalue weighted by atomic mass is 10.1. The molecule has 0 fully saturated rings. The highest BCUT2D eigenvalue weighted by molar-refractivity contribution is 7.09. The van der Waals surface area contributed by atoms with E-state index in [1.54, 1.807) is 13.0 Å². The summed E-state index contributed by atoms with van der Waals surface area (Å²) in [6, 6.07) is 4.34. The molecule has 1 amide bonds. The highest BCUT2D eigenvalue weighted by atomic mass is 32.1. The lowest BCUT2D eigenvalue weighted by Gasteiger charge is -2.12. The number of nitrogens with one attached hydrogen (secondary N) is 1. The van der Waals surface area contributed by atoms with Crippen molar-refractivity contribution in [1.29, 1.82) is 0 Å². The zero-order valence-electron chi connectivity index (χ0n) is 11.0. The normalized spacial score (nSPS) is 12.2. The maximum atomic E-state index is 13.7. The van der Waals surface area contributed by atoms with Gasteiger partial charge in [-0.05, 0) is 38.5 Å². The average Bonchev–Trinajstić information content (AvgIpc) is 2.75. The average molecular weight is 278 g/mol. The topological polar surface area (TPSA) is 42.0 Å². The maximum Gasteiger partial charge on any atom is 0.254 e. The number of carbonyl (C=O) groups excluding carboxylic acids is 1. The van der Waals surface area contributed by atoms with Gasteiger partial charge in [-0.15, -0.1) is 11.3 Å². The van der Waals surface area contributed by atoms with Gasteiger partial charge >= 0.3 is 0 Å². The number of rotatable bonds is 3. The fourth-order valence-corrected chi connectivity index (χ4v) is 2.52. The van der Waals surface area contributed by atoms with Crippen LogP contribution in [0.4, 0.5) is 4.39 Å². The van der Waals surface area contributed by atoms with Crippen molar-refractivity contribution in [2.75, 3.05) is 0 Å². The van der Waals surface area contributed by atoms with Crippen LogP contribution >= 0.6 is 11.3 Å². The zero-order chi connectivity index (χ0) is 14.0. The minimum absolute atomic E-state index is 0.0609. The van der Waals surface area contributed by atoms with Crippen LogP contribution in [-0.2, 0) is 0 Å². The monoisotopic (exact) mass is 278 g/mol. The van der Waals surface area contributed by atoms with Crippen LogP contribution in [0.5, 0.6) is 0 Å². The van der Waals surface area contributed by atoms with E-state index in [-0.39, 0.29) is 11.6 Å². The second kappa shape index (κ2) is 5.48. The first-order valence-corrected chi connectivity index (χ1v) is 6.84. The van der Waals surface area contributed by atoms with Crippen LogP contribution in [0.1, 0.15) is 39.6 Å². The van der Waals surface area contributed by atoms with Crippen LogP contribution in [0.15, 0.2) is 23.6 Å². The number of carbonyl (C=O) groups is 1. The summed E-state index contributed by atoms with van der Waals surface area (Å²) >= 11 is 1.48. The molecule has 2 rings (SSSR count). The van der Waals surface area contributed by atoms with E-state index >= 15 is 0 Å². The number of benzene rings is 1. The largest absolute Gasteiger partial charge is 0.343 e. The Morgan fingerprint density at radius 2 is 2.16 bits per heavy atom. The lowest BCUT2D eigenvalue weighted by molar-refractivity contribution is 0.0935. The van der Waals surface area contributed by atoms with Gasteiger partial charge < -0.3 is 5.32 Å².